The summed E-state index contributed by atoms with van der Waals surface area (Å²) in [4.78, 5) is 43.7. The van der Waals surface area contributed by atoms with Crippen LogP contribution in [-0.4, -0.2) is 39.9 Å². The number of non-ortho nitro benzene ring substituents is 1. The van der Waals surface area contributed by atoms with Crippen molar-refractivity contribution in [3.8, 4) is 11.5 Å². The van der Waals surface area contributed by atoms with Crippen LogP contribution < -0.4 is 14.4 Å². The lowest BCUT2D eigenvalue weighted by Crippen LogP contribution is -2.29. The van der Waals surface area contributed by atoms with E-state index in [9.17, 15) is 24.8 Å². The Labute approximate surface area is 226 Å². The highest BCUT2D eigenvalue weighted by Gasteiger charge is 2.48. The Balaban J connectivity index is 1.71. The predicted octanol–water partition coefficient (Wildman–Crippen LogP) is 5.63. The van der Waals surface area contributed by atoms with Gasteiger partial charge in [-0.05, 0) is 49.7 Å². The number of aromatic nitrogens is 1. The number of thiazole rings is 1. The molecule has 39 heavy (non-hydrogen) atoms. The Kier molecular flexibility index (Phi) is 6.99. The van der Waals surface area contributed by atoms with E-state index in [0.717, 1.165) is 4.70 Å². The molecular formula is C28H23N3O7S. The number of ether oxygens (including phenoxy) is 2. The zero-order chi connectivity index (χ0) is 27.7. The minimum atomic E-state index is -1.16. The van der Waals surface area contributed by atoms with E-state index in [-0.39, 0.29) is 27.5 Å². The fraction of sp³-hybridized carbons (Fsp3) is 0.179. The maximum Gasteiger partial charge on any atom is 0.301 e. The minimum absolute atomic E-state index is 0.205. The number of Topliss-reactive ketones (excluding diaryl/α,β-unsaturated/α-hetero) is 1. The first kappa shape index (κ1) is 25.9. The van der Waals surface area contributed by atoms with Crippen LogP contribution in [0.15, 0.2) is 72.3 Å². The molecule has 1 saturated heterocycles. The van der Waals surface area contributed by atoms with E-state index in [1.807, 2.05) is 13.8 Å². The molecule has 1 N–H and O–H groups in total. The Bertz CT molecular complexity index is 1650. The molecule has 11 heteroatoms. The van der Waals surface area contributed by atoms with E-state index < -0.39 is 28.4 Å². The average molecular weight is 546 g/mol. The quantitative estimate of drug-likeness (QED) is 0.0991. The molecule has 1 fully saturated rings. The molecule has 0 radical (unpaired) electrons. The van der Waals surface area contributed by atoms with Gasteiger partial charge in [-0.15, -0.1) is 0 Å². The number of rotatable bonds is 8. The van der Waals surface area contributed by atoms with Crippen LogP contribution in [-0.2, 0) is 9.59 Å². The van der Waals surface area contributed by atoms with Gasteiger partial charge in [0.1, 0.15) is 17.3 Å². The summed E-state index contributed by atoms with van der Waals surface area (Å²) in [5.74, 6) is -1.16. The van der Waals surface area contributed by atoms with Crippen molar-refractivity contribution in [2.24, 2.45) is 0 Å². The van der Waals surface area contributed by atoms with Crippen molar-refractivity contribution in [2.75, 3.05) is 18.1 Å². The fourth-order valence-corrected chi connectivity index (χ4v) is 5.48. The molecule has 10 nitrogen and oxygen atoms in total. The van der Waals surface area contributed by atoms with Gasteiger partial charge < -0.3 is 14.6 Å². The zero-order valence-corrected chi connectivity index (χ0v) is 21.8. The Morgan fingerprint density at radius 3 is 2.46 bits per heavy atom. The van der Waals surface area contributed by atoms with Gasteiger partial charge in [-0.25, -0.2) is 4.98 Å². The lowest BCUT2D eigenvalue weighted by molar-refractivity contribution is -0.384. The number of nitro groups is 1. The number of carbonyl (C=O) groups is 2. The summed E-state index contributed by atoms with van der Waals surface area (Å²) in [6.45, 7) is 4.55. The summed E-state index contributed by atoms with van der Waals surface area (Å²) < 4.78 is 11.8. The van der Waals surface area contributed by atoms with E-state index in [1.165, 1.54) is 34.4 Å². The highest BCUT2D eigenvalue weighted by atomic mass is 32.1. The normalized spacial score (nSPS) is 16.6. The number of benzene rings is 3. The highest BCUT2D eigenvalue weighted by molar-refractivity contribution is 7.22. The van der Waals surface area contributed by atoms with Crippen molar-refractivity contribution in [1.29, 1.82) is 0 Å². The number of nitrogens with zero attached hydrogens (tertiary/aromatic N) is 3. The van der Waals surface area contributed by atoms with Gasteiger partial charge in [0.25, 0.3) is 11.5 Å². The molecule has 0 spiro atoms. The van der Waals surface area contributed by atoms with Gasteiger partial charge in [0.2, 0.25) is 0 Å². The average Bonchev–Trinajstić information content (AvgIpc) is 3.46. The number of amides is 1. The van der Waals surface area contributed by atoms with Crippen LogP contribution in [0.3, 0.4) is 0 Å². The SMILES string of the molecule is CCOc1cccc(C(O)=C2C(=O)C(=O)N(c3nc4ccc(OCC)cc4s3)C2c2cccc([N+](=O)[O-])c2)c1. The molecule has 0 saturated carbocycles. The fourth-order valence-electron chi connectivity index (χ4n) is 4.46. The second kappa shape index (κ2) is 10.5. The molecule has 1 aromatic heterocycles. The predicted molar refractivity (Wildman–Crippen MR) is 146 cm³/mol. The monoisotopic (exact) mass is 545 g/mol. The molecule has 4 aromatic rings. The molecular weight excluding hydrogens is 522 g/mol. The second-order valence-corrected chi connectivity index (χ2v) is 9.55. The molecule has 198 valence electrons. The summed E-state index contributed by atoms with van der Waals surface area (Å²) >= 11 is 1.17. The molecule has 1 unspecified atom stereocenters. The smallest absolute Gasteiger partial charge is 0.301 e. The molecule has 0 aliphatic carbocycles. The van der Waals surface area contributed by atoms with E-state index in [4.69, 9.17) is 9.47 Å². The van der Waals surface area contributed by atoms with Gasteiger partial charge in [0.15, 0.2) is 5.13 Å². The van der Waals surface area contributed by atoms with Crippen LogP contribution in [0.25, 0.3) is 16.0 Å². The molecule has 1 aliphatic heterocycles. The summed E-state index contributed by atoms with van der Waals surface area (Å²) in [5.41, 5.74) is 0.702. The lowest BCUT2D eigenvalue weighted by Gasteiger charge is -2.22. The van der Waals surface area contributed by atoms with Crippen LogP contribution >= 0.6 is 11.3 Å². The molecule has 1 atom stereocenters. The molecule has 2 heterocycles. The number of hydrogen-bond acceptors (Lipinski definition) is 9. The number of aliphatic hydroxyl groups is 1. The standard InChI is InChI=1S/C28H23N3O7S/c1-3-37-19-10-6-8-17(14-19)25(32)23-24(16-7-5-9-18(13-16)31(35)36)30(27(34)26(23)33)28-29-21-12-11-20(38-4-2)15-22(21)39-28/h5-15,24,32H,3-4H2,1-2H3. The topological polar surface area (TPSA) is 132 Å². The second-order valence-electron chi connectivity index (χ2n) is 8.54. The van der Waals surface area contributed by atoms with E-state index >= 15 is 0 Å². The summed E-state index contributed by atoms with van der Waals surface area (Å²) in [5, 5.41) is 23.1. The summed E-state index contributed by atoms with van der Waals surface area (Å²) in [6, 6.07) is 16.3. The zero-order valence-electron chi connectivity index (χ0n) is 21.0. The van der Waals surface area contributed by atoms with E-state index in [1.54, 1.807) is 48.5 Å². The number of aliphatic hydroxyl groups excluding tert-OH is 1. The van der Waals surface area contributed by atoms with E-state index in [0.29, 0.717) is 30.2 Å². The van der Waals surface area contributed by atoms with Crippen molar-refractivity contribution in [2.45, 2.75) is 19.9 Å². The molecule has 1 aliphatic rings. The highest BCUT2D eigenvalue weighted by Crippen LogP contribution is 2.45. The largest absolute Gasteiger partial charge is 0.507 e. The van der Waals surface area contributed by atoms with Gasteiger partial charge in [-0.3, -0.25) is 24.6 Å². The van der Waals surface area contributed by atoms with Crippen molar-refractivity contribution in [1.82, 2.24) is 4.98 Å². The van der Waals surface area contributed by atoms with Crippen LogP contribution in [0.1, 0.15) is 31.0 Å². The van der Waals surface area contributed by atoms with Gasteiger partial charge in [-0.1, -0.05) is 35.6 Å². The third kappa shape index (κ3) is 4.79. The Hall–Kier alpha value is -4.77. The van der Waals surface area contributed by atoms with Gasteiger partial charge >= 0.3 is 5.91 Å². The van der Waals surface area contributed by atoms with E-state index in [2.05, 4.69) is 4.98 Å². The van der Waals surface area contributed by atoms with Gasteiger partial charge in [-0.2, -0.15) is 0 Å². The number of hydrogen-bond donors (Lipinski definition) is 1. The van der Waals surface area contributed by atoms with Crippen molar-refractivity contribution < 1.29 is 29.1 Å². The van der Waals surface area contributed by atoms with Crippen LogP contribution in [0.5, 0.6) is 11.5 Å². The number of fused-ring (bicyclic) bond motifs is 1. The van der Waals surface area contributed by atoms with Crippen molar-refractivity contribution in [3.05, 3.63) is 93.5 Å². The van der Waals surface area contributed by atoms with Crippen LogP contribution in [0, 0.1) is 10.1 Å². The number of carbonyl (C=O) groups excluding carboxylic acids is 2. The van der Waals surface area contributed by atoms with Gasteiger partial charge in [0, 0.05) is 17.7 Å². The summed E-state index contributed by atoms with van der Waals surface area (Å²) in [6.07, 6.45) is 0. The minimum Gasteiger partial charge on any atom is -0.507 e. The van der Waals surface area contributed by atoms with Crippen molar-refractivity contribution >= 4 is 49.8 Å². The Morgan fingerprint density at radius 2 is 1.74 bits per heavy atom. The molecule has 1 amide bonds. The third-order valence-corrected chi connectivity index (χ3v) is 7.14. The van der Waals surface area contributed by atoms with Crippen LogP contribution in [0.2, 0.25) is 0 Å². The Morgan fingerprint density at radius 1 is 1.03 bits per heavy atom. The number of nitro benzene ring substituents is 1. The summed E-state index contributed by atoms with van der Waals surface area (Å²) in [7, 11) is 0. The maximum atomic E-state index is 13.5. The maximum absolute atomic E-state index is 13.5. The first-order valence-corrected chi connectivity index (χ1v) is 13.0. The number of ketones is 1. The molecule has 3 aromatic carbocycles. The van der Waals surface area contributed by atoms with Gasteiger partial charge in [0.05, 0.1) is 40.0 Å². The molecule has 5 rings (SSSR count). The van der Waals surface area contributed by atoms with Crippen molar-refractivity contribution in [3.63, 3.8) is 0 Å². The third-order valence-electron chi connectivity index (χ3n) is 6.13. The van der Waals surface area contributed by atoms with Crippen LogP contribution in [0.4, 0.5) is 10.8 Å². The number of anilines is 1. The first-order valence-electron chi connectivity index (χ1n) is 12.1. The first-order chi connectivity index (χ1) is 18.8. The lowest BCUT2D eigenvalue weighted by atomic mass is 9.95. The molecule has 0 bridgehead atoms.